The molecule has 0 saturated heterocycles. The lowest BCUT2D eigenvalue weighted by molar-refractivity contribution is 0.0798. The maximum Gasteiger partial charge on any atom is 0.276 e. The number of nitrogens with zero attached hydrogens (tertiary/aromatic N) is 3. The second kappa shape index (κ2) is 4.74. The largest absolute Gasteiger partial charge is 0.396 e. The molecule has 1 aromatic rings. The zero-order valence-electron chi connectivity index (χ0n) is 10.0. The number of anilines is 1. The summed E-state index contributed by atoms with van der Waals surface area (Å²) in [5.41, 5.74) is 6.04. The van der Waals surface area contributed by atoms with E-state index in [9.17, 15) is 13.2 Å². The zero-order valence-corrected chi connectivity index (χ0v) is 10.9. The van der Waals surface area contributed by atoms with Gasteiger partial charge >= 0.3 is 0 Å². The van der Waals surface area contributed by atoms with E-state index < -0.39 is 9.84 Å². The van der Waals surface area contributed by atoms with Crippen LogP contribution in [0.5, 0.6) is 0 Å². The molecule has 0 aliphatic heterocycles. The van der Waals surface area contributed by atoms with Gasteiger partial charge < -0.3 is 10.6 Å². The van der Waals surface area contributed by atoms with Crippen molar-refractivity contribution in [1.82, 2.24) is 14.7 Å². The van der Waals surface area contributed by atoms with Crippen molar-refractivity contribution in [2.24, 2.45) is 7.05 Å². The van der Waals surface area contributed by atoms with Crippen LogP contribution >= 0.6 is 0 Å². The van der Waals surface area contributed by atoms with Crippen molar-refractivity contribution in [1.29, 1.82) is 0 Å². The molecule has 1 aromatic heterocycles. The second-order valence-electron chi connectivity index (χ2n) is 3.96. The van der Waals surface area contributed by atoms with Crippen molar-refractivity contribution in [3.8, 4) is 0 Å². The van der Waals surface area contributed by atoms with E-state index in [-0.39, 0.29) is 29.6 Å². The highest BCUT2D eigenvalue weighted by Gasteiger charge is 2.19. The van der Waals surface area contributed by atoms with Gasteiger partial charge in [0.1, 0.15) is 9.84 Å². The first-order chi connectivity index (χ1) is 7.70. The van der Waals surface area contributed by atoms with Gasteiger partial charge in [0, 0.05) is 33.1 Å². The number of nitrogens with two attached hydrogens (primary N) is 1. The van der Waals surface area contributed by atoms with E-state index in [1.165, 1.54) is 22.8 Å². The highest BCUT2D eigenvalue weighted by atomic mass is 32.2. The maximum absolute atomic E-state index is 11.9. The molecular weight excluding hydrogens is 244 g/mol. The van der Waals surface area contributed by atoms with E-state index in [2.05, 4.69) is 5.10 Å². The minimum Gasteiger partial charge on any atom is -0.396 e. The summed E-state index contributed by atoms with van der Waals surface area (Å²) >= 11 is 0. The van der Waals surface area contributed by atoms with Gasteiger partial charge in [-0.05, 0) is 0 Å². The molecule has 0 spiro atoms. The molecule has 0 unspecified atom stereocenters. The lowest BCUT2D eigenvalue weighted by atomic mass is 10.3. The van der Waals surface area contributed by atoms with Crippen molar-refractivity contribution >= 4 is 21.4 Å². The molecule has 0 saturated carbocycles. The van der Waals surface area contributed by atoms with Gasteiger partial charge in [0.2, 0.25) is 0 Å². The number of carbonyl (C=O) groups excluding carboxylic acids is 1. The predicted octanol–water partition coefficient (Wildman–Crippen LogP) is -0.881. The van der Waals surface area contributed by atoms with Gasteiger partial charge in [-0.25, -0.2) is 8.42 Å². The Balaban J connectivity index is 2.74. The van der Waals surface area contributed by atoms with Crippen molar-refractivity contribution in [2.75, 3.05) is 31.3 Å². The quantitative estimate of drug-likeness (QED) is 0.758. The topological polar surface area (TPSA) is 98.3 Å². The summed E-state index contributed by atoms with van der Waals surface area (Å²) in [6, 6.07) is 0. The van der Waals surface area contributed by atoms with E-state index >= 15 is 0 Å². The summed E-state index contributed by atoms with van der Waals surface area (Å²) in [5.74, 6) is -0.464. The lowest BCUT2D eigenvalue weighted by Crippen LogP contribution is -2.32. The summed E-state index contributed by atoms with van der Waals surface area (Å²) in [5, 5.41) is 3.93. The number of hydrogen-bond donors (Lipinski definition) is 1. The molecule has 1 rings (SSSR count). The van der Waals surface area contributed by atoms with E-state index in [4.69, 9.17) is 5.73 Å². The third-order valence-corrected chi connectivity index (χ3v) is 3.13. The monoisotopic (exact) mass is 260 g/mol. The van der Waals surface area contributed by atoms with Crippen LogP contribution in [0.3, 0.4) is 0 Å². The molecule has 1 heterocycles. The Bertz CT molecular complexity index is 520. The highest BCUT2D eigenvalue weighted by molar-refractivity contribution is 7.90. The minimum absolute atomic E-state index is 0.0814. The van der Waals surface area contributed by atoms with E-state index in [0.29, 0.717) is 0 Å². The van der Waals surface area contributed by atoms with Gasteiger partial charge in [0.05, 0.1) is 11.4 Å². The van der Waals surface area contributed by atoms with Crippen LogP contribution in [0.25, 0.3) is 0 Å². The van der Waals surface area contributed by atoms with Crippen LogP contribution in [0.15, 0.2) is 6.20 Å². The number of nitrogen functional groups attached to an aromatic ring is 1. The van der Waals surface area contributed by atoms with Crippen LogP contribution in [0.2, 0.25) is 0 Å². The van der Waals surface area contributed by atoms with Gasteiger partial charge in [-0.1, -0.05) is 0 Å². The standard InChI is InChI=1S/C9H16N4O3S/c1-12(4-5-17(3,15)16)9(14)8-7(10)6-13(2)11-8/h6H,4-5,10H2,1-3H3. The van der Waals surface area contributed by atoms with Crippen molar-refractivity contribution in [3.05, 3.63) is 11.9 Å². The van der Waals surface area contributed by atoms with E-state index in [1.54, 1.807) is 7.05 Å². The first kappa shape index (κ1) is 13.5. The van der Waals surface area contributed by atoms with Gasteiger partial charge in [-0.3, -0.25) is 9.48 Å². The lowest BCUT2D eigenvalue weighted by Gasteiger charge is -2.15. The minimum atomic E-state index is -3.09. The molecule has 0 aromatic carbocycles. The van der Waals surface area contributed by atoms with Gasteiger partial charge in [-0.15, -0.1) is 0 Å². The van der Waals surface area contributed by atoms with E-state index in [0.717, 1.165) is 6.26 Å². The average molecular weight is 260 g/mol. The molecule has 2 N–H and O–H groups in total. The third-order valence-electron chi connectivity index (χ3n) is 2.20. The Kier molecular flexibility index (Phi) is 3.76. The number of amides is 1. The molecule has 8 heteroatoms. The van der Waals surface area contributed by atoms with Crippen molar-refractivity contribution < 1.29 is 13.2 Å². The second-order valence-corrected chi connectivity index (χ2v) is 6.22. The zero-order chi connectivity index (χ0) is 13.2. The molecule has 0 fully saturated rings. The van der Waals surface area contributed by atoms with Crippen molar-refractivity contribution in [3.63, 3.8) is 0 Å². The molecule has 1 amide bonds. The van der Waals surface area contributed by atoms with Crippen LogP contribution < -0.4 is 5.73 Å². The van der Waals surface area contributed by atoms with Crippen LogP contribution in [0.4, 0.5) is 5.69 Å². The summed E-state index contributed by atoms with van der Waals surface area (Å²) in [7, 11) is 0.0813. The Labute approximate surface area is 100 Å². The van der Waals surface area contributed by atoms with Crippen molar-refractivity contribution in [2.45, 2.75) is 0 Å². The molecule has 0 aliphatic rings. The number of aromatic nitrogens is 2. The number of rotatable bonds is 4. The number of carbonyl (C=O) groups is 1. The summed E-state index contributed by atoms with van der Waals surface area (Å²) < 4.78 is 23.4. The fourth-order valence-corrected chi connectivity index (χ4v) is 1.86. The summed E-state index contributed by atoms with van der Waals surface area (Å²) in [6.45, 7) is 0.119. The molecule has 7 nitrogen and oxygen atoms in total. The van der Waals surface area contributed by atoms with Gasteiger partial charge in [-0.2, -0.15) is 5.10 Å². The number of aryl methyl sites for hydroxylation is 1. The number of hydrogen-bond acceptors (Lipinski definition) is 5. The molecule has 0 bridgehead atoms. The Hall–Kier alpha value is -1.57. The number of sulfone groups is 1. The third kappa shape index (κ3) is 3.74. The molecule has 17 heavy (non-hydrogen) atoms. The molecule has 0 radical (unpaired) electrons. The highest BCUT2D eigenvalue weighted by Crippen LogP contribution is 2.10. The maximum atomic E-state index is 11.9. The van der Waals surface area contributed by atoms with Crippen LogP contribution in [0, 0.1) is 0 Å². The summed E-state index contributed by atoms with van der Waals surface area (Å²) in [6.07, 6.45) is 2.65. The molecular formula is C9H16N4O3S. The Morgan fingerprint density at radius 2 is 2.18 bits per heavy atom. The van der Waals surface area contributed by atoms with Gasteiger partial charge in [0.25, 0.3) is 5.91 Å². The van der Waals surface area contributed by atoms with Crippen LogP contribution in [-0.2, 0) is 16.9 Å². The predicted molar refractivity (Wildman–Crippen MR) is 64.3 cm³/mol. The fraction of sp³-hybridized carbons (Fsp3) is 0.556. The first-order valence-electron chi connectivity index (χ1n) is 4.93. The van der Waals surface area contributed by atoms with E-state index in [1.807, 2.05) is 0 Å². The Morgan fingerprint density at radius 1 is 1.59 bits per heavy atom. The normalized spacial score (nSPS) is 11.5. The fourth-order valence-electron chi connectivity index (χ4n) is 1.26. The molecule has 96 valence electrons. The Morgan fingerprint density at radius 3 is 2.59 bits per heavy atom. The molecule has 0 aliphatic carbocycles. The van der Waals surface area contributed by atoms with Crippen LogP contribution in [-0.4, -0.2) is 54.6 Å². The average Bonchev–Trinajstić information content (AvgIpc) is 2.52. The SMILES string of the molecule is CN(CCS(C)(=O)=O)C(=O)c1nn(C)cc1N. The molecule has 0 atom stereocenters. The first-order valence-corrected chi connectivity index (χ1v) is 6.99. The van der Waals surface area contributed by atoms with Crippen LogP contribution in [0.1, 0.15) is 10.5 Å². The van der Waals surface area contributed by atoms with Gasteiger partial charge in [0.15, 0.2) is 5.69 Å². The smallest absolute Gasteiger partial charge is 0.276 e. The summed E-state index contributed by atoms with van der Waals surface area (Å²) in [4.78, 5) is 13.2.